The molecule has 1 heterocycles. The van der Waals surface area contributed by atoms with E-state index in [0.29, 0.717) is 27.7 Å². The number of carbonyl (C=O) groups is 2. The van der Waals surface area contributed by atoms with E-state index in [0.717, 1.165) is 5.56 Å². The van der Waals surface area contributed by atoms with Gasteiger partial charge in [0.1, 0.15) is 5.82 Å². The number of aromatic nitrogens is 2. The molecule has 0 radical (unpaired) electrons. The van der Waals surface area contributed by atoms with Crippen molar-refractivity contribution in [2.75, 3.05) is 11.9 Å². The molecule has 0 saturated heterocycles. The van der Waals surface area contributed by atoms with Gasteiger partial charge in [-0.3, -0.25) is 9.59 Å². The lowest BCUT2D eigenvalue weighted by Crippen LogP contribution is -2.33. The van der Waals surface area contributed by atoms with Crippen LogP contribution in [0.4, 0.5) is 10.1 Å². The predicted molar refractivity (Wildman–Crippen MR) is 115 cm³/mol. The lowest BCUT2D eigenvalue weighted by Gasteiger charge is -2.13. The molecule has 8 heteroatoms. The highest BCUT2D eigenvalue weighted by atomic mass is 35.5. The van der Waals surface area contributed by atoms with Crippen LogP contribution in [0.15, 0.2) is 48.7 Å². The van der Waals surface area contributed by atoms with Crippen molar-refractivity contribution in [1.82, 2.24) is 15.1 Å². The Labute approximate surface area is 179 Å². The van der Waals surface area contributed by atoms with Crippen LogP contribution in [0.3, 0.4) is 0 Å². The molecule has 0 saturated carbocycles. The number of rotatable bonds is 6. The van der Waals surface area contributed by atoms with Gasteiger partial charge >= 0.3 is 0 Å². The Morgan fingerprint density at radius 3 is 2.50 bits per heavy atom. The molecule has 3 rings (SSSR count). The molecule has 156 valence electrons. The first-order chi connectivity index (χ1) is 14.3. The highest BCUT2D eigenvalue weighted by Gasteiger charge is 2.21. The number of hydrogen-bond donors (Lipinski definition) is 2. The van der Waals surface area contributed by atoms with E-state index in [9.17, 15) is 14.0 Å². The molecular formula is C22H22ClFN4O2. The minimum absolute atomic E-state index is 0.0292. The van der Waals surface area contributed by atoms with Gasteiger partial charge in [-0.1, -0.05) is 31.5 Å². The zero-order valence-electron chi connectivity index (χ0n) is 16.9. The first-order valence-corrected chi connectivity index (χ1v) is 9.82. The quantitative estimate of drug-likeness (QED) is 0.608. The molecule has 0 unspecified atom stereocenters. The van der Waals surface area contributed by atoms with E-state index in [2.05, 4.69) is 15.7 Å². The summed E-state index contributed by atoms with van der Waals surface area (Å²) in [7, 11) is 0. The molecule has 0 bridgehead atoms. The molecule has 0 spiro atoms. The van der Waals surface area contributed by atoms with Crippen molar-refractivity contribution in [3.8, 4) is 5.69 Å². The average Bonchev–Trinajstić information content (AvgIpc) is 3.14. The summed E-state index contributed by atoms with van der Waals surface area (Å²) in [6, 6.07) is 11.1. The number of halogens is 2. The largest absolute Gasteiger partial charge is 0.343 e. The Balaban J connectivity index is 1.72. The number of aryl methyl sites for hydroxylation is 1. The van der Waals surface area contributed by atoms with Crippen LogP contribution >= 0.6 is 11.6 Å². The van der Waals surface area contributed by atoms with Gasteiger partial charge in [-0.15, -0.1) is 0 Å². The molecule has 2 amide bonds. The van der Waals surface area contributed by atoms with Gasteiger partial charge in [0.15, 0.2) is 0 Å². The van der Waals surface area contributed by atoms with Gasteiger partial charge in [0, 0.05) is 0 Å². The molecule has 2 aromatic carbocycles. The van der Waals surface area contributed by atoms with Gasteiger partial charge in [-0.05, 0) is 54.8 Å². The van der Waals surface area contributed by atoms with Crippen LogP contribution < -0.4 is 10.6 Å². The van der Waals surface area contributed by atoms with Crippen LogP contribution in [0.5, 0.6) is 0 Å². The monoisotopic (exact) mass is 428 g/mol. The molecule has 6 nitrogen and oxygen atoms in total. The maximum Gasteiger partial charge on any atom is 0.255 e. The van der Waals surface area contributed by atoms with Gasteiger partial charge in [0.05, 0.1) is 40.4 Å². The van der Waals surface area contributed by atoms with E-state index >= 15 is 0 Å². The number of amides is 2. The summed E-state index contributed by atoms with van der Waals surface area (Å²) in [4.78, 5) is 24.9. The van der Waals surface area contributed by atoms with Gasteiger partial charge in [-0.2, -0.15) is 5.10 Å². The fourth-order valence-electron chi connectivity index (χ4n) is 3.05. The molecule has 2 N–H and O–H groups in total. The summed E-state index contributed by atoms with van der Waals surface area (Å²) in [5.74, 6) is -1.20. The number of hydrogen-bond acceptors (Lipinski definition) is 3. The Kier molecular flexibility index (Phi) is 6.52. The van der Waals surface area contributed by atoms with Crippen molar-refractivity contribution >= 4 is 29.1 Å². The SMILES string of the molecule is Cc1ccc(NC(=O)CNC(=O)c2cnn(-c3ccc(F)cc3)c2C(C)C)c(Cl)c1. The zero-order chi connectivity index (χ0) is 21.8. The fourth-order valence-corrected chi connectivity index (χ4v) is 3.33. The molecule has 0 atom stereocenters. The lowest BCUT2D eigenvalue weighted by molar-refractivity contribution is -0.115. The number of nitrogens with zero attached hydrogens (tertiary/aromatic N) is 2. The summed E-state index contributed by atoms with van der Waals surface area (Å²) in [6.45, 7) is 5.54. The normalized spacial score (nSPS) is 10.9. The average molecular weight is 429 g/mol. The second-order valence-electron chi connectivity index (χ2n) is 7.20. The summed E-state index contributed by atoms with van der Waals surface area (Å²) in [6.07, 6.45) is 1.45. The van der Waals surface area contributed by atoms with Crippen LogP contribution in [0.2, 0.25) is 5.02 Å². The van der Waals surface area contributed by atoms with Crippen molar-refractivity contribution in [2.45, 2.75) is 26.7 Å². The standard InChI is InChI=1S/C22H22ClFN4O2/c1-13(2)21-17(11-26-28(21)16-7-5-15(24)6-8-16)22(30)25-12-20(29)27-19-9-4-14(3)10-18(19)23/h4-11,13H,12H2,1-3H3,(H,25,30)(H,27,29). The molecule has 0 aliphatic heterocycles. The number of carbonyl (C=O) groups excluding carboxylic acids is 2. The van der Waals surface area contributed by atoms with E-state index in [1.54, 1.807) is 28.9 Å². The maximum absolute atomic E-state index is 13.2. The molecule has 30 heavy (non-hydrogen) atoms. The maximum atomic E-state index is 13.2. The molecule has 0 fully saturated rings. The first kappa shape index (κ1) is 21.5. The third-order valence-electron chi connectivity index (χ3n) is 4.48. The molecule has 1 aromatic heterocycles. The third kappa shape index (κ3) is 4.86. The van der Waals surface area contributed by atoms with Crippen LogP contribution in [-0.4, -0.2) is 28.1 Å². The minimum atomic E-state index is -0.419. The van der Waals surface area contributed by atoms with Gasteiger partial charge in [0.25, 0.3) is 5.91 Å². The van der Waals surface area contributed by atoms with Crippen molar-refractivity contribution < 1.29 is 14.0 Å². The van der Waals surface area contributed by atoms with E-state index in [4.69, 9.17) is 11.6 Å². The number of anilines is 1. The summed E-state index contributed by atoms with van der Waals surface area (Å²) < 4.78 is 14.8. The Morgan fingerprint density at radius 2 is 1.87 bits per heavy atom. The minimum Gasteiger partial charge on any atom is -0.343 e. The zero-order valence-corrected chi connectivity index (χ0v) is 17.6. The van der Waals surface area contributed by atoms with E-state index in [1.807, 2.05) is 26.8 Å². The fraction of sp³-hybridized carbons (Fsp3) is 0.227. The van der Waals surface area contributed by atoms with Crippen molar-refractivity contribution in [1.29, 1.82) is 0 Å². The van der Waals surface area contributed by atoms with Crippen LogP contribution in [0.1, 0.15) is 41.4 Å². The van der Waals surface area contributed by atoms with E-state index < -0.39 is 11.8 Å². The van der Waals surface area contributed by atoms with Crippen molar-refractivity contribution in [3.63, 3.8) is 0 Å². The summed E-state index contributed by atoms with van der Waals surface area (Å²) in [5.41, 5.74) is 3.13. The predicted octanol–water partition coefficient (Wildman–Crippen LogP) is 4.47. The molecule has 0 aliphatic carbocycles. The van der Waals surface area contributed by atoms with E-state index in [1.165, 1.54) is 18.3 Å². The van der Waals surface area contributed by atoms with Crippen molar-refractivity contribution in [2.24, 2.45) is 0 Å². The van der Waals surface area contributed by atoms with E-state index in [-0.39, 0.29) is 18.3 Å². The smallest absolute Gasteiger partial charge is 0.255 e. The lowest BCUT2D eigenvalue weighted by atomic mass is 10.0. The van der Waals surface area contributed by atoms with Crippen LogP contribution in [-0.2, 0) is 4.79 Å². The summed E-state index contributed by atoms with van der Waals surface area (Å²) in [5, 5.41) is 10.0. The Morgan fingerprint density at radius 1 is 1.17 bits per heavy atom. The summed E-state index contributed by atoms with van der Waals surface area (Å²) >= 11 is 6.12. The molecule has 3 aromatic rings. The first-order valence-electron chi connectivity index (χ1n) is 9.44. The molecule has 0 aliphatic rings. The topological polar surface area (TPSA) is 76.0 Å². The number of benzene rings is 2. The highest BCUT2D eigenvalue weighted by molar-refractivity contribution is 6.33. The highest BCUT2D eigenvalue weighted by Crippen LogP contribution is 2.24. The second kappa shape index (κ2) is 9.09. The number of nitrogens with one attached hydrogen (secondary N) is 2. The van der Waals surface area contributed by atoms with Crippen LogP contribution in [0, 0.1) is 12.7 Å². The Hall–Kier alpha value is -3.19. The molecular weight excluding hydrogens is 407 g/mol. The van der Waals surface area contributed by atoms with Gasteiger partial charge < -0.3 is 10.6 Å². The third-order valence-corrected chi connectivity index (χ3v) is 4.79. The van der Waals surface area contributed by atoms with Crippen LogP contribution in [0.25, 0.3) is 5.69 Å². The second-order valence-corrected chi connectivity index (χ2v) is 7.61. The van der Waals surface area contributed by atoms with Gasteiger partial charge in [0.2, 0.25) is 5.91 Å². The van der Waals surface area contributed by atoms with Crippen molar-refractivity contribution in [3.05, 3.63) is 76.3 Å². The van der Waals surface area contributed by atoms with Gasteiger partial charge in [-0.25, -0.2) is 9.07 Å². The Bertz CT molecular complexity index is 1080.